The van der Waals surface area contributed by atoms with Gasteiger partial charge in [-0.15, -0.1) is 0 Å². The third-order valence-corrected chi connectivity index (χ3v) is 3.88. The van der Waals surface area contributed by atoms with Crippen LogP contribution in [0.5, 0.6) is 0 Å². The molecular formula is C14H21N5. The van der Waals surface area contributed by atoms with Crippen LogP contribution in [-0.2, 0) is 0 Å². The Balaban J connectivity index is 1.97. The monoisotopic (exact) mass is 259 g/mol. The molecule has 0 radical (unpaired) electrons. The number of likely N-dealkylation sites (tertiary alicyclic amines) is 1. The van der Waals surface area contributed by atoms with Crippen LogP contribution in [0.3, 0.4) is 0 Å². The molecule has 2 aromatic rings. The highest BCUT2D eigenvalue weighted by atomic mass is 15.3. The van der Waals surface area contributed by atoms with Gasteiger partial charge in [-0.1, -0.05) is 6.92 Å². The predicted octanol–water partition coefficient (Wildman–Crippen LogP) is 1.88. The summed E-state index contributed by atoms with van der Waals surface area (Å²) in [5.74, 6) is 1.08. The van der Waals surface area contributed by atoms with Crippen LogP contribution in [-0.4, -0.2) is 52.6 Å². The van der Waals surface area contributed by atoms with E-state index in [1.165, 1.54) is 13.0 Å². The van der Waals surface area contributed by atoms with E-state index in [0.717, 1.165) is 36.4 Å². The first-order valence-corrected chi connectivity index (χ1v) is 7.03. The molecule has 0 aromatic carbocycles. The highest BCUT2D eigenvalue weighted by Gasteiger charge is 2.27. The summed E-state index contributed by atoms with van der Waals surface area (Å²) in [6, 6.07) is 2.64. The Morgan fingerprint density at radius 1 is 1.47 bits per heavy atom. The van der Waals surface area contributed by atoms with E-state index >= 15 is 0 Å². The lowest BCUT2D eigenvalue weighted by Crippen LogP contribution is -2.38. The topological polar surface area (TPSA) is 48.1 Å². The number of hydrogen-bond acceptors (Lipinski definition) is 4. The Morgan fingerprint density at radius 2 is 2.37 bits per heavy atom. The van der Waals surface area contributed by atoms with Crippen molar-refractivity contribution in [2.45, 2.75) is 25.8 Å². The first-order valence-electron chi connectivity index (χ1n) is 7.03. The lowest BCUT2D eigenvalue weighted by atomic mass is 10.2. The Labute approximate surface area is 113 Å². The number of rotatable bonds is 4. The van der Waals surface area contributed by atoms with Crippen LogP contribution in [0.2, 0.25) is 0 Å². The molecule has 1 N–H and O–H groups in total. The number of aromatic nitrogens is 3. The number of aromatic amines is 1. The van der Waals surface area contributed by atoms with Crippen LogP contribution in [0.1, 0.15) is 19.8 Å². The van der Waals surface area contributed by atoms with Gasteiger partial charge >= 0.3 is 0 Å². The summed E-state index contributed by atoms with van der Waals surface area (Å²) in [6.45, 7) is 5.57. The van der Waals surface area contributed by atoms with E-state index < -0.39 is 0 Å². The van der Waals surface area contributed by atoms with Gasteiger partial charge in [0.2, 0.25) is 0 Å². The molecule has 1 saturated heterocycles. The quantitative estimate of drug-likeness (QED) is 0.910. The van der Waals surface area contributed by atoms with E-state index in [1.807, 2.05) is 6.20 Å². The van der Waals surface area contributed by atoms with Crippen LogP contribution in [0.15, 0.2) is 18.6 Å². The van der Waals surface area contributed by atoms with Crippen molar-refractivity contribution in [3.8, 4) is 0 Å². The lowest BCUT2D eigenvalue weighted by molar-refractivity contribution is 0.407. The molecule has 1 fully saturated rings. The van der Waals surface area contributed by atoms with Crippen molar-refractivity contribution in [1.82, 2.24) is 19.9 Å². The van der Waals surface area contributed by atoms with E-state index in [0.29, 0.717) is 6.04 Å². The fraction of sp³-hybridized carbons (Fsp3) is 0.571. The molecule has 3 rings (SSSR count). The molecule has 1 aliphatic heterocycles. The Kier molecular flexibility index (Phi) is 3.38. The molecule has 0 spiro atoms. The summed E-state index contributed by atoms with van der Waals surface area (Å²) in [5.41, 5.74) is 0.928. The number of hydrogen-bond donors (Lipinski definition) is 1. The van der Waals surface area contributed by atoms with Gasteiger partial charge in [-0.25, -0.2) is 9.97 Å². The number of anilines is 1. The minimum absolute atomic E-state index is 0.568. The zero-order valence-electron chi connectivity index (χ0n) is 11.6. The molecule has 5 nitrogen and oxygen atoms in total. The number of likely N-dealkylation sites (N-methyl/N-ethyl adjacent to an activating group) is 1. The molecule has 3 heterocycles. The Hall–Kier alpha value is -1.62. The fourth-order valence-corrected chi connectivity index (χ4v) is 2.96. The van der Waals surface area contributed by atoms with E-state index in [9.17, 15) is 0 Å². The fourth-order valence-electron chi connectivity index (χ4n) is 2.96. The van der Waals surface area contributed by atoms with Crippen molar-refractivity contribution in [2.24, 2.45) is 0 Å². The first-order chi connectivity index (χ1) is 9.29. The molecule has 2 aromatic heterocycles. The van der Waals surface area contributed by atoms with Gasteiger partial charge in [0.15, 0.2) is 0 Å². The van der Waals surface area contributed by atoms with E-state index in [4.69, 9.17) is 0 Å². The second-order valence-electron chi connectivity index (χ2n) is 5.34. The molecule has 1 aliphatic rings. The van der Waals surface area contributed by atoms with Gasteiger partial charge in [0, 0.05) is 25.3 Å². The largest absolute Gasteiger partial charge is 0.352 e. The molecule has 19 heavy (non-hydrogen) atoms. The summed E-state index contributed by atoms with van der Waals surface area (Å²) in [4.78, 5) is 16.8. The Morgan fingerprint density at radius 3 is 3.11 bits per heavy atom. The second-order valence-corrected chi connectivity index (χ2v) is 5.34. The highest BCUT2D eigenvalue weighted by molar-refractivity contribution is 5.87. The van der Waals surface area contributed by atoms with Gasteiger partial charge in [0.1, 0.15) is 17.8 Å². The molecule has 0 bridgehead atoms. The van der Waals surface area contributed by atoms with E-state index in [1.54, 1.807) is 6.33 Å². The predicted molar refractivity (Wildman–Crippen MR) is 77.4 cm³/mol. The second kappa shape index (κ2) is 5.17. The summed E-state index contributed by atoms with van der Waals surface area (Å²) >= 11 is 0. The molecule has 0 aliphatic carbocycles. The third kappa shape index (κ3) is 2.30. The first kappa shape index (κ1) is 12.4. The average molecular weight is 259 g/mol. The lowest BCUT2D eigenvalue weighted by Gasteiger charge is -2.30. The van der Waals surface area contributed by atoms with Gasteiger partial charge in [0.25, 0.3) is 0 Å². The van der Waals surface area contributed by atoms with Crippen molar-refractivity contribution in [3.05, 3.63) is 18.6 Å². The van der Waals surface area contributed by atoms with Crippen molar-refractivity contribution in [2.75, 3.05) is 31.6 Å². The molecular weight excluding hydrogens is 238 g/mol. The summed E-state index contributed by atoms with van der Waals surface area (Å²) < 4.78 is 0. The highest BCUT2D eigenvalue weighted by Crippen LogP contribution is 2.26. The zero-order valence-corrected chi connectivity index (χ0v) is 11.6. The van der Waals surface area contributed by atoms with Crippen LogP contribution in [0, 0.1) is 0 Å². The smallest absolute Gasteiger partial charge is 0.142 e. The van der Waals surface area contributed by atoms with Crippen molar-refractivity contribution < 1.29 is 0 Å². The summed E-state index contributed by atoms with van der Waals surface area (Å²) in [7, 11) is 2.19. The van der Waals surface area contributed by atoms with Crippen molar-refractivity contribution in [3.63, 3.8) is 0 Å². The van der Waals surface area contributed by atoms with E-state index in [2.05, 4.69) is 44.8 Å². The SMILES string of the molecule is CCCN(c1ncnc2[nH]ccc12)C1CCN(C)C1. The molecule has 102 valence electrons. The number of nitrogens with zero attached hydrogens (tertiary/aromatic N) is 4. The van der Waals surface area contributed by atoms with Crippen molar-refractivity contribution in [1.29, 1.82) is 0 Å². The van der Waals surface area contributed by atoms with Crippen LogP contribution >= 0.6 is 0 Å². The van der Waals surface area contributed by atoms with E-state index in [-0.39, 0.29) is 0 Å². The zero-order chi connectivity index (χ0) is 13.2. The standard InChI is InChI=1S/C14H21N5/c1-3-7-19(11-5-8-18(2)9-11)14-12-4-6-15-13(12)16-10-17-14/h4,6,10-11H,3,5,7-9H2,1-2H3,(H,15,16,17). The van der Waals surface area contributed by atoms with Gasteiger partial charge < -0.3 is 14.8 Å². The maximum absolute atomic E-state index is 4.54. The third-order valence-electron chi connectivity index (χ3n) is 3.88. The maximum Gasteiger partial charge on any atom is 0.142 e. The normalized spacial score (nSPS) is 20.2. The summed E-state index contributed by atoms with van der Waals surface area (Å²) in [5, 5.41) is 1.13. The molecule has 5 heteroatoms. The molecule has 0 saturated carbocycles. The minimum Gasteiger partial charge on any atom is -0.352 e. The molecule has 0 amide bonds. The number of H-pyrrole nitrogens is 1. The maximum atomic E-state index is 4.54. The van der Waals surface area contributed by atoms with Gasteiger partial charge in [0.05, 0.1) is 5.39 Å². The molecule has 1 atom stereocenters. The summed E-state index contributed by atoms with van der Waals surface area (Å²) in [6.07, 6.45) is 5.95. The molecule has 1 unspecified atom stereocenters. The number of nitrogens with one attached hydrogen (secondary N) is 1. The van der Waals surface area contributed by atoms with Crippen LogP contribution in [0.25, 0.3) is 11.0 Å². The van der Waals surface area contributed by atoms with Crippen molar-refractivity contribution >= 4 is 16.9 Å². The minimum atomic E-state index is 0.568. The van der Waals surface area contributed by atoms with Gasteiger partial charge in [-0.3, -0.25) is 0 Å². The average Bonchev–Trinajstić information content (AvgIpc) is 3.04. The van der Waals surface area contributed by atoms with Gasteiger partial charge in [-0.2, -0.15) is 0 Å². The van der Waals surface area contributed by atoms with Crippen LogP contribution < -0.4 is 4.90 Å². The van der Waals surface area contributed by atoms with Crippen LogP contribution in [0.4, 0.5) is 5.82 Å². The van der Waals surface area contributed by atoms with Gasteiger partial charge in [-0.05, 0) is 32.5 Å². The Bertz CT molecular complexity index is 550. The number of fused-ring (bicyclic) bond motifs is 1.